The van der Waals surface area contributed by atoms with Crippen LogP contribution < -0.4 is 11.1 Å². The molecule has 0 aromatic carbocycles. The van der Waals surface area contributed by atoms with Crippen LogP contribution in [0.25, 0.3) is 0 Å². The molecule has 0 spiro atoms. The second-order valence-electron chi connectivity index (χ2n) is 3.18. The molecule has 72 valence electrons. The SMILES string of the molecule is N#Cc1csc2c1C(C(N)=O)CNC2. The monoisotopic (exact) mass is 207 g/mol. The molecule has 14 heavy (non-hydrogen) atoms. The van der Waals surface area contributed by atoms with Gasteiger partial charge in [-0.3, -0.25) is 4.79 Å². The molecule has 1 aromatic rings. The zero-order valence-corrected chi connectivity index (χ0v) is 8.23. The van der Waals surface area contributed by atoms with Crippen LogP contribution in [-0.4, -0.2) is 12.5 Å². The van der Waals surface area contributed by atoms with Crippen molar-refractivity contribution in [3.8, 4) is 6.07 Å². The van der Waals surface area contributed by atoms with Crippen molar-refractivity contribution in [3.05, 3.63) is 21.4 Å². The maximum absolute atomic E-state index is 11.2. The van der Waals surface area contributed by atoms with Crippen LogP contribution in [-0.2, 0) is 11.3 Å². The van der Waals surface area contributed by atoms with Crippen molar-refractivity contribution < 1.29 is 4.79 Å². The summed E-state index contributed by atoms with van der Waals surface area (Å²) in [5.74, 6) is -0.715. The highest BCUT2D eigenvalue weighted by molar-refractivity contribution is 7.10. The first-order valence-corrected chi connectivity index (χ1v) is 5.12. The van der Waals surface area contributed by atoms with E-state index < -0.39 is 0 Å². The van der Waals surface area contributed by atoms with E-state index in [0.29, 0.717) is 12.1 Å². The Morgan fingerprint density at radius 2 is 2.57 bits per heavy atom. The molecule has 1 unspecified atom stereocenters. The molecule has 1 aliphatic heterocycles. The Morgan fingerprint density at radius 1 is 1.79 bits per heavy atom. The number of carbonyl (C=O) groups excluding carboxylic acids is 1. The van der Waals surface area contributed by atoms with Crippen molar-refractivity contribution >= 4 is 17.2 Å². The molecule has 0 fully saturated rings. The largest absolute Gasteiger partial charge is 0.369 e. The van der Waals surface area contributed by atoms with Gasteiger partial charge in [0.25, 0.3) is 0 Å². The van der Waals surface area contributed by atoms with Crippen molar-refractivity contribution in [2.75, 3.05) is 6.54 Å². The fourth-order valence-electron chi connectivity index (χ4n) is 1.69. The third kappa shape index (κ3) is 1.29. The molecule has 2 heterocycles. The molecule has 4 nitrogen and oxygen atoms in total. The van der Waals surface area contributed by atoms with Gasteiger partial charge >= 0.3 is 0 Å². The van der Waals surface area contributed by atoms with Gasteiger partial charge in [-0.2, -0.15) is 5.26 Å². The van der Waals surface area contributed by atoms with E-state index in [2.05, 4.69) is 11.4 Å². The predicted octanol–water partition coefficient (Wildman–Crippen LogP) is 0.292. The van der Waals surface area contributed by atoms with E-state index in [9.17, 15) is 4.79 Å². The van der Waals surface area contributed by atoms with Gasteiger partial charge in [0.05, 0.1) is 11.5 Å². The summed E-state index contributed by atoms with van der Waals surface area (Å²) in [6, 6.07) is 2.09. The molecular weight excluding hydrogens is 198 g/mol. The van der Waals surface area contributed by atoms with Crippen molar-refractivity contribution in [2.24, 2.45) is 5.73 Å². The van der Waals surface area contributed by atoms with E-state index in [1.54, 1.807) is 5.38 Å². The molecular formula is C9H9N3OS. The fraction of sp³-hybridized carbons (Fsp3) is 0.333. The summed E-state index contributed by atoms with van der Waals surface area (Å²) in [7, 11) is 0. The standard InChI is InChI=1S/C9H9N3OS/c10-1-5-4-14-7-3-12-2-6(8(5)7)9(11)13/h4,6,12H,2-3H2,(H2,11,13). The lowest BCUT2D eigenvalue weighted by molar-refractivity contribution is -0.119. The average Bonchev–Trinajstić information content (AvgIpc) is 2.59. The summed E-state index contributed by atoms with van der Waals surface area (Å²) in [5.41, 5.74) is 6.71. The summed E-state index contributed by atoms with van der Waals surface area (Å²) in [6.45, 7) is 1.26. The number of primary amides is 1. The number of hydrogen-bond acceptors (Lipinski definition) is 4. The van der Waals surface area contributed by atoms with Crippen LogP contribution in [0.2, 0.25) is 0 Å². The van der Waals surface area contributed by atoms with E-state index in [4.69, 9.17) is 11.0 Å². The van der Waals surface area contributed by atoms with Crippen molar-refractivity contribution in [1.29, 1.82) is 5.26 Å². The smallest absolute Gasteiger partial charge is 0.226 e. The van der Waals surface area contributed by atoms with Gasteiger partial charge in [0, 0.05) is 23.3 Å². The number of amides is 1. The molecule has 1 aromatic heterocycles. The number of thiophene rings is 1. The van der Waals surface area contributed by atoms with Crippen LogP contribution in [0.4, 0.5) is 0 Å². The molecule has 1 amide bonds. The quantitative estimate of drug-likeness (QED) is 0.694. The lowest BCUT2D eigenvalue weighted by Crippen LogP contribution is -2.35. The Hall–Kier alpha value is -1.38. The molecule has 0 saturated carbocycles. The molecule has 0 radical (unpaired) electrons. The molecule has 5 heteroatoms. The Morgan fingerprint density at radius 3 is 3.21 bits per heavy atom. The molecule has 3 N–H and O–H groups in total. The zero-order chi connectivity index (χ0) is 10.1. The van der Waals surface area contributed by atoms with Gasteiger partial charge in [0.2, 0.25) is 5.91 Å². The van der Waals surface area contributed by atoms with E-state index in [0.717, 1.165) is 17.0 Å². The maximum atomic E-state index is 11.2. The van der Waals surface area contributed by atoms with E-state index in [1.165, 1.54) is 11.3 Å². The minimum absolute atomic E-state index is 0.348. The highest BCUT2D eigenvalue weighted by Gasteiger charge is 2.28. The minimum atomic E-state index is -0.367. The Labute approximate surface area is 85.3 Å². The van der Waals surface area contributed by atoms with E-state index >= 15 is 0 Å². The number of carbonyl (C=O) groups is 1. The predicted molar refractivity (Wildman–Crippen MR) is 52.7 cm³/mol. The number of nitrogens with two attached hydrogens (primary N) is 1. The third-order valence-electron chi connectivity index (χ3n) is 2.36. The molecule has 0 bridgehead atoms. The van der Waals surface area contributed by atoms with Gasteiger partial charge in [-0.1, -0.05) is 0 Å². The van der Waals surface area contributed by atoms with Crippen LogP contribution in [0.15, 0.2) is 5.38 Å². The summed E-state index contributed by atoms with van der Waals surface area (Å²) in [4.78, 5) is 12.2. The topological polar surface area (TPSA) is 78.9 Å². The molecule has 0 saturated heterocycles. The van der Waals surface area contributed by atoms with Gasteiger partial charge in [-0.15, -0.1) is 11.3 Å². The fourth-order valence-corrected chi connectivity index (χ4v) is 2.69. The normalized spacial score (nSPS) is 19.8. The summed E-state index contributed by atoms with van der Waals surface area (Å²) in [6.07, 6.45) is 0. The van der Waals surface area contributed by atoms with E-state index in [-0.39, 0.29) is 11.8 Å². The van der Waals surface area contributed by atoms with Gasteiger partial charge in [0.1, 0.15) is 6.07 Å². The average molecular weight is 207 g/mol. The lowest BCUT2D eigenvalue weighted by Gasteiger charge is -2.21. The zero-order valence-electron chi connectivity index (χ0n) is 7.41. The van der Waals surface area contributed by atoms with Crippen LogP contribution >= 0.6 is 11.3 Å². The Bertz CT molecular complexity index is 418. The number of hydrogen-bond donors (Lipinski definition) is 2. The number of rotatable bonds is 1. The maximum Gasteiger partial charge on any atom is 0.226 e. The first-order chi connectivity index (χ1) is 6.74. The number of fused-ring (bicyclic) bond motifs is 1. The van der Waals surface area contributed by atoms with Crippen LogP contribution in [0, 0.1) is 11.3 Å². The highest BCUT2D eigenvalue weighted by atomic mass is 32.1. The summed E-state index contributed by atoms with van der Waals surface area (Å²) in [5, 5.41) is 13.8. The number of nitrogens with one attached hydrogen (secondary N) is 1. The highest BCUT2D eigenvalue weighted by Crippen LogP contribution is 2.31. The first-order valence-electron chi connectivity index (χ1n) is 4.24. The molecule has 2 rings (SSSR count). The summed E-state index contributed by atoms with van der Waals surface area (Å²) >= 11 is 1.50. The second-order valence-corrected chi connectivity index (χ2v) is 4.15. The summed E-state index contributed by atoms with van der Waals surface area (Å²) < 4.78 is 0. The molecule has 1 aliphatic rings. The Kier molecular flexibility index (Phi) is 2.23. The third-order valence-corrected chi connectivity index (χ3v) is 3.36. The lowest BCUT2D eigenvalue weighted by atomic mass is 9.93. The van der Waals surface area contributed by atoms with Crippen molar-refractivity contribution in [3.63, 3.8) is 0 Å². The van der Waals surface area contributed by atoms with Crippen molar-refractivity contribution in [1.82, 2.24) is 5.32 Å². The van der Waals surface area contributed by atoms with Crippen LogP contribution in [0.1, 0.15) is 21.9 Å². The number of nitriles is 1. The van der Waals surface area contributed by atoms with Crippen molar-refractivity contribution in [2.45, 2.75) is 12.5 Å². The van der Waals surface area contributed by atoms with Crippen LogP contribution in [0.5, 0.6) is 0 Å². The van der Waals surface area contributed by atoms with Gasteiger partial charge < -0.3 is 11.1 Å². The van der Waals surface area contributed by atoms with E-state index in [1.807, 2.05) is 0 Å². The van der Waals surface area contributed by atoms with Crippen LogP contribution in [0.3, 0.4) is 0 Å². The first kappa shape index (κ1) is 9.19. The Balaban J connectivity index is 2.51. The minimum Gasteiger partial charge on any atom is -0.369 e. The van der Waals surface area contributed by atoms with Gasteiger partial charge in [0.15, 0.2) is 0 Å². The van der Waals surface area contributed by atoms with Gasteiger partial charge in [-0.25, -0.2) is 0 Å². The van der Waals surface area contributed by atoms with Gasteiger partial charge in [-0.05, 0) is 5.56 Å². The molecule has 0 aliphatic carbocycles. The number of nitrogens with zero attached hydrogens (tertiary/aromatic N) is 1. The molecule has 1 atom stereocenters. The second kappa shape index (κ2) is 3.40.